The molecule has 4 rings (SSSR count). The highest BCUT2D eigenvalue weighted by molar-refractivity contribution is 5.26. The minimum Gasteiger partial charge on any atom is -0.356 e. The van der Waals surface area contributed by atoms with Crippen LogP contribution in [0.4, 0.5) is 13.2 Å². The molecular formula is C20H19F3N4O. The number of aromatic nitrogens is 3. The Kier molecular flexibility index (Phi) is 5.15. The summed E-state index contributed by atoms with van der Waals surface area (Å²) in [5.74, 6) is 0. The molecule has 8 heteroatoms. The predicted molar refractivity (Wildman–Crippen MR) is 96.1 cm³/mol. The van der Waals surface area contributed by atoms with Gasteiger partial charge >= 0.3 is 6.18 Å². The van der Waals surface area contributed by atoms with E-state index in [1.807, 2.05) is 18.2 Å². The first-order chi connectivity index (χ1) is 13.5. The van der Waals surface area contributed by atoms with Gasteiger partial charge < -0.3 is 4.74 Å². The molecule has 1 fully saturated rings. The number of alkyl halides is 3. The minimum atomic E-state index is -4.36. The molecule has 0 aliphatic carbocycles. The van der Waals surface area contributed by atoms with E-state index in [1.54, 1.807) is 12.3 Å². The van der Waals surface area contributed by atoms with Crippen molar-refractivity contribution in [1.82, 2.24) is 19.9 Å². The van der Waals surface area contributed by atoms with Crippen LogP contribution in [0.1, 0.15) is 28.6 Å². The Morgan fingerprint density at radius 3 is 2.57 bits per heavy atom. The molecule has 2 heterocycles. The Morgan fingerprint density at radius 1 is 1.00 bits per heavy atom. The van der Waals surface area contributed by atoms with Crippen LogP contribution in [-0.4, -0.2) is 33.0 Å². The molecule has 0 saturated carbocycles. The molecule has 0 N–H and O–H groups in total. The number of hydrogen-bond acceptors (Lipinski definition) is 4. The topological polar surface area (TPSA) is 43.2 Å². The summed E-state index contributed by atoms with van der Waals surface area (Å²) in [5.41, 5.74) is 1.67. The minimum absolute atomic E-state index is 0.211. The van der Waals surface area contributed by atoms with Crippen molar-refractivity contribution in [2.75, 3.05) is 13.2 Å². The van der Waals surface area contributed by atoms with Crippen molar-refractivity contribution < 1.29 is 17.9 Å². The summed E-state index contributed by atoms with van der Waals surface area (Å²) in [7, 11) is 0. The molecule has 28 heavy (non-hydrogen) atoms. The lowest BCUT2D eigenvalue weighted by molar-refractivity contribution is -0.137. The lowest BCUT2D eigenvalue weighted by Gasteiger charge is -2.20. The molecule has 1 atom stereocenters. The molecular weight excluding hydrogens is 369 g/mol. The molecule has 146 valence electrons. The highest BCUT2D eigenvalue weighted by Gasteiger charge is 2.31. The number of halogens is 3. The van der Waals surface area contributed by atoms with E-state index < -0.39 is 11.7 Å². The molecule has 1 aromatic heterocycles. The lowest BCUT2D eigenvalue weighted by Crippen LogP contribution is -2.23. The third-order valence-electron chi connectivity index (χ3n) is 4.62. The highest BCUT2D eigenvalue weighted by atomic mass is 19.4. The van der Waals surface area contributed by atoms with Gasteiger partial charge in [-0.1, -0.05) is 47.7 Å². The van der Waals surface area contributed by atoms with Gasteiger partial charge in [0.05, 0.1) is 24.9 Å². The summed E-state index contributed by atoms with van der Waals surface area (Å²) in [5, 5.41) is 8.25. The zero-order valence-corrected chi connectivity index (χ0v) is 15.0. The number of benzene rings is 2. The molecule has 1 saturated heterocycles. The van der Waals surface area contributed by atoms with E-state index in [0.29, 0.717) is 17.9 Å². The lowest BCUT2D eigenvalue weighted by atomic mass is 10.1. The van der Waals surface area contributed by atoms with Crippen LogP contribution in [-0.2, 0) is 24.0 Å². The van der Waals surface area contributed by atoms with Crippen molar-refractivity contribution in [1.29, 1.82) is 0 Å². The van der Waals surface area contributed by atoms with Crippen LogP contribution < -0.4 is 0 Å². The zero-order valence-electron chi connectivity index (χ0n) is 15.0. The number of rotatable bonds is 5. The fraction of sp³-hybridized carbons (Fsp3) is 0.300. The van der Waals surface area contributed by atoms with Gasteiger partial charge in [0.2, 0.25) is 0 Å². The SMILES string of the molecule is FC(F)(F)c1cccc(Cn2cc([C@@H]3OCCN3Cc3ccccc3)nn2)c1. The summed E-state index contributed by atoms with van der Waals surface area (Å²) in [6.07, 6.45) is -2.94. The van der Waals surface area contributed by atoms with Gasteiger partial charge in [-0.15, -0.1) is 5.10 Å². The first-order valence-corrected chi connectivity index (χ1v) is 8.95. The number of nitrogens with zero attached hydrogens (tertiary/aromatic N) is 4. The second-order valence-corrected chi connectivity index (χ2v) is 6.72. The second kappa shape index (κ2) is 7.73. The Morgan fingerprint density at radius 2 is 1.79 bits per heavy atom. The van der Waals surface area contributed by atoms with Crippen LogP contribution in [0.25, 0.3) is 0 Å². The maximum absolute atomic E-state index is 12.9. The third-order valence-corrected chi connectivity index (χ3v) is 4.62. The summed E-state index contributed by atoms with van der Waals surface area (Å²) in [6.45, 7) is 2.31. The maximum atomic E-state index is 12.9. The van der Waals surface area contributed by atoms with Crippen LogP contribution in [0.3, 0.4) is 0 Å². The zero-order chi connectivity index (χ0) is 19.6. The standard InChI is InChI=1S/C20H19F3N4O/c21-20(22,23)17-8-4-7-16(11-17)13-27-14-18(24-25-27)19-26(9-10-28-19)12-15-5-2-1-3-6-15/h1-8,11,14,19H,9-10,12-13H2/t19-/m0/s1. The van der Waals surface area contributed by atoms with E-state index in [2.05, 4.69) is 27.3 Å². The van der Waals surface area contributed by atoms with E-state index in [4.69, 9.17) is 4.74 Å². The summed E-state index contributed by atoms with van der Waals surface area (Å²) < 4.78 is 46.0. The van der Waals surface area contributed by atoms with Crippen LogP contribution in [0.2, 0.25) is 0 Å². The van der Waals surface area contributed by atoms with E-state index in [-0.39, 0.29) is 12.8 Å². The van der Waals surface area contributed by atoms with Crippen LogP contribution in [0, 0.1) is 0 Å². The molecule has 2 aromatic carbocycles. The normalized spacial score (nSPS) is 17.9. The summed E-state index contributed by atoms with van der Waals surface area (Å²) in [6, 6.07) is 15.3. The molecule has 0 unspecified atom stereocenters. The fourth-order valence-corrected chi connectivity index (χ4v) is 3.29. The van der Waals surface area contributed by atoms with E-state index >= 15 is 0 Å². The van der Waals surface area contributed by atoms with E-state index in [0.717, 1.165) is 25.2 Å². The van der Waals surface area contributed by atoms with Gasteiger partial charge in [0.1, 0.15) is 5.69 Å². The van der Waals surface area contributed by atoms with Gasteiger partial charge in [0, 0.05) is 13.1 Å². The fourth-order valence-electron chi connectivity index (χ4n) is 3.29. The van der Waals surface area contributed by atoms with Crippen molar-refractivity contribution in [3.63, 3.8) is 0 Å². The molecule has 1 aliphatic rings. The molecule has 0 bridgehead atoms. The van der Waals surface area contributed by atoms with Crippen LogP contribution >= 0.6 is 0 Å². The van der Waals surface area contributed by atoms with Gasteiger partial charge in [-0.05, 0) is 23.3 Å². The maximum Gasteiger partial charge on any atom is 0.416 e. The Labute approximate surface area is 160 Å². The van der Waals surface area contributed by atoms with Gasteiger partial charge in [0.15, 0.2) is 6.23 Å². The summed E-state index contributed by atoms with van der Waals surface area (Å²) in [4.78, 5) is 2.16. The van der Waals surface area contributed by atoms with Gasteiger partial charge in [-0.3, -0.25) is 4.90 Å². The molecule has 0 spiro atoms. The highest BCUT2D eigenvalue weighted by Crippen LogP contribution is 2.30. The second-order valence-electron chi connectivity index (χ2n) is 6.72. The van der Waals surface area contributed by atoms with Crippen LogP contribution in [0.15, 0.2) is 60.8 Å². The third kappa shape index (κ3) is 4.23. The molecule has 5 nitrogen and oxygen atoms in total. The van der Waals surface area contributed by atoms with Gasteiger partial charge in [-0.25, -0.2) is 4.68 Å². The molecule has 3 aromatic rings. The van der Waals surface area contributed by atoms with Crippen molar-refractivity contribution in [2.24, 2.45) is 0 Å². The average Bonchev–Trinajstić information content (AvgIpc) is 3.31. The van der Waals surface area contributed by atoms with Gasteiger partial charge in [-0.2, -0.15) is 13.2 Å². The smallest absolute Gasteiger partial charge is 0.356 e. The quantitative estimate of drug-likeness (QED) is 0.666. The summed E-state index contributed by atoms with van der Waals surface area (Å²) >= 11 is 0. The first-order valence-electron chi connectivity index (χ1n) is 8.95. The predicted octanol–water partition coefficient (Wildman–Crippen LogP) is 3.88. The van der Waals surface area contributed by atoms with Crippen molar-refractivity contribution in [3.05, 3.63) is 83.2 Å². The molecule has 0 amide bonds. The van der Waals surface area contributed by atoms with E-state index in [9.17, 15) is 13.2 Å². The average molecular weight is 388 g/mol. The van der Waals surface area contributed by atoms with Crippen molar-refractivity contribution in [3.8, 4) is 0 Å². The largest absolute Gasteiger partial charge is 0.416 e. The molecule has 0 radical (unpaired) electrons. The Hall–Kier alpha value is -2.71. The Balaban J connectivity index is 1.47. The van der Waals surface area contributed by atoms with E-state index in [1.165, 1.54) is 16.3 Å². The first kappa shape index (κ1) is 18.6. The monoisotopic (exact) mass is 388 g/mol. The Bertz CT molecular complexity index is 926. The van der Waals surface area contributed by atoms with Crippen LogP contribution in [0.5, 0.6) is 0 Å². The van der Waals surface area contributed by atoms with Crippen molar-refractivity contribution >= 4 is 0 Å². The van der Waals surface area contributed by atoms with Crippen molar-refractivity contribution in [2.45, 2.75) is 25.5 Å². The number of ether oxygens (including phenoxy) is 1. The molecule has 1 aliphatic heterocycles. The number of hydrogen-bond donors (Lipinski definition) is 0. The van der Waals surface area contributed by atoms with Gasteiger partial charge in [0.25, 0.3) is 0 Å².